The lowest BCUT2D eigenvalue weighted by Crippen LogP contribution is -2.41. The van der Waals surface area contributed by atoms with Crippen LogP contribution in [0.4, 0.5) is 0 Å². The highest BCUT2D eigenvalue weighted by Crippen LogP contribution is 2.37. The van der Waals surface area contributed by atoms with Gasteiger partial charge in [-0.2, -0.15) is 0 Å². The molecule has 0 spiro atoms. The maximum Gasteiger partial charge on any atom is 0.311 e. The van der Waals surface area contributed by atoms with Gasteiger partial charge in [0, 0.05) is 11.6 Å². The van der Waals surface area contributed by atoms with Crippen LogP contribution in [0.1, 0.15) is 31.2 Å². The summed E-state index contributed by atoms with van der Waals surface area (Å²) in [6.45, 7) is 0.217. The number of carboxylic acids is 1. The number of carboxylic acid groups (broad SMARTS) is 1. The fourth-order valence-corrected chi connectivity index (χ4v) is 2.76. The smallest absolute Gasteiger partial charge is 0.311 e. The predicted octanol–water partition coefficient (Wildman–Crippen LogP) is 2.64. The average molecular weight is 296 g/mol. The van der Waals surface area contributed by atoms with Crippen molar-refractivity contribution in [3.8, 4) is 0 Å². The van der Waals surface area contributed by atoms with Crippen LogP contribution in [-0.4, -0.2) is 23.5 Å². The van der Waals surface area contributed by atoms with E-state index in [1.165, 1.54) is 0 Å². The lowest BCUT2D eigenvalue weighted by molar-refractivity contribution is -0.148. The predicted molar refractivity (Wildman–Crippen MR) is 76.7 cm³/mol. The highest BCUT2D eigenvalue weighted by molar-refractivity contribution is 6.30. The highest BCUT2D eigenvalue weighted by Gasteiger charge is 2.41. The molecule has 1 amide bonds. The van der Waals surface area contributed by atoms with E-state index in [1.54, 1.807) is 24.3 Å². The standard InChI is InChI=1S/C15H18ClNO3/c16-12-5-3-11(4-6-12)9-13(18)17-10-15(14(19)20)7-1-2-8-15/h3-6H,1-2,7-10H2,(H,17,18)(H,19,20). The first-order valence-corrected chi connectivity index (χ1v) is 7.14. The Kier molecular flexibility index (Phi) is 4.65. The van der Waals surface area contributed by atoms with Gasteiger partial charge >= 0.3 is 5.97 Å². The molecule has 0 aliphatic heterocycles. The quantitative estimate of drug-likeness (QED) is 0.877. The van der Waals surface area contributed by atoms with Crippen LogP contribution in [0.15, 0.2) is 24.3 Å². The number of aliphatic carboxylic acids is 1. The average Bonchev–Trinajstić information content (AvgIpc) is 2.89. The van der Waals surface area contributed by atoms with E-state index in [-0.39, 0.29) is 18.9 Å². The summed E-state index contributed by atoms with van der Waals surface area (Å²) in [6, 6.07) is 7.06. The first-order valence-electron chi connectivity index (χ1n) is 6.76. The molecule has 0 radical (unpaired) electrons. The van der Waals surface area contributed by atoms with Crippen molar-refractivity contribution in [2.24, 2.45) is 5.41 Å². The van der Waals surface area contributed by atoms with Crippen LogP contribution >= 0.6 is 11.6 Å². The van der Waals surface area contributed by atoms with Crippen molar-refractivity contribution in [1.29, 1.82) is 0 Å². The Hall–Kier alpha value is -1.55. The summed E-state index contributed by atoms with van der Waals surface area (Å²) in [5.41, 5.74) is 0.0954. The fraction of sp³-hybridized carbons (Fsp3) is 0.467. The largest absolute Gasteiger partial charge is 0.481 e. The van der Waals surface area contributed by atoms with Gasteiger partial charge in [-0.1, -0.05) is 36.6 Å². The molecule has 0 aromatic heterocycles. The molecule has 5 heteroatoms. The summed E-state index contributed by atoms with van der Waals surface area (Å²) in [4.78, 5) is 23.2. The van der Waals surface area contributed by atoms with E-state index in [0.717, 1.165) is 18.4 Å². The van der Waals surface area contributed by atoms with Gasteiger partial charge in [0.2, 0.25) is 5.91 Å². The van der Waals surface area contributed by atoms with Crippen LogP contribution in [0.3, 0.4) is 0 Å². The minimum Gasteiger partial charge on any atom is -0.481 e. The van der Waals surface area contributed by atoms with E-state index in [0.29, 0.717) is 17.9 Å². The van der Waals surface area contributed by atoms with Crippen LogP contribution in [0.2, 0.25) is 5.02 Å². The third kappa shape index (κ3) is 3.51. The Morgan fingerprint density at radius 1 is 1.20 bits per heavy atom. The molecule has 1 saturated carbocycles. The van der Waals surface area contributed by atoms with Crippen molar-refractivity contribution in [3.05, 3.63) is 34.9 Å². The lowest BCUT2D eigenvalue weighted by Gasteiger charge is -2.23. The summed E-state index contributed by atoms with van der Waals surface area (Å²) >= 11 is 5.78. The molecule has 1 aromatic carbocycles. The number of halogens is 1. The van der Waals surface area contributed by atoms with Gasteiger partial charge in [0.05, 0.1) is 11.8 Å². The summed E-state index contributed by atoms with van der Waals surface area (Å²) in [6.07, 6.45) is 3.36. The summed E-state index contributed by atoms with van der Waals surface area (Å²) < 4.78 is 0. The van der Waals surface area contributed by atoms with Crippen molar-refractivity contribution in [2.75, 3.05) is 6.54 Å². The fourth-order valence-electron chi connectivity index (χ4n) is 2.64. The molecule has 2 N–H and O–H groups in total. The van der Waals surface area contributed by atoms with Gasteiger partial charge < -0.3 is 10.4 Å². The molecule has 2 rings (SSSR count). The van der Waals surface area contributed by atoms with E-state index in [2.05, 4.69) is 5.32 Å². The highest BCUT2D eigenvalue weighted by atomic mass is 35.5. The van der Waals surface area contributed by atoms with Gasteiger partial charge in [0.25, 0.3) is 0 Å². The second-order valence-electron chi connectivity index (χ2n) is 5.37. The number of amides is 1. The molecule has 1 aliphatic carbocycles. The van der Waals surface area contributed by atoms with Crippen LogP contribution in [0.5, 0.6) is 0 Å². The third-order valence-electron chi connectivity index (χ3n) is 3.92. The molecule has 1 fully saturated rings. The molecule has 20 heavy (non-hydrogen) atoms. The molecule has 4 nitrogen and oxygen atoms in total. The van der Waals surface area contributed by atoms with Gasteiger partial charge in [-0.05, 0) is 30.5 Å². The van der Waals surface area contributed by atoms with E-state index >= 15 is 0 Å². The number of hydrogen-bond donors (Lipinski definition) is 2. The van der Waals surface area contributed by atoms with E-state index in [1.807, 2.05) is 0 Å². The Labute approximate surface area is 123 Å². The monoisotopic (exact) mass is 295 g/mol. The SMILES string of the molecule is O=C(Cc1ccc(Cl)cc1)NCC1(C(=O)O)CCCC1. The first kappa shape index (κ1) is 14.9. The van der Waals surface area contributed by atoms with Gasteiger partial charge in [-0.15, -0.1) is 0 Å². The van der Waals surface area contributed by atoms with Crippen LogP contribution in [-0.2, 0) is 16.0 Å². The van der Waals surface area contributed by atoms with Crippen molar-refractivity contribution in [3.63, 3.8) is 0 Å². The number of hydrogen-bond acceptors (Lipinski definition) is 2. The summed E-state index contributed by atoms with van der Waals surface area (Å²) in [5.74, 6) is -0.957. The minimum absolute atomic E-state index is 0.153. The lowest BCUT2D eigenvalue weighted by atomic mass is 9.86. The van der Waals surface area contributed by atoms with Crippen LogP contribution in [0.25, 0.3) is 0 Å². The molecule has 1 aliphatic rings. The van der Waals surface area contributed by atoms with Crippen LogP contribution < -0.4 is 5.32 Å². The zero-order valence-electron chi connectivity index (χ0n) is 11.2. The normalized spacial score (nSPS) is 16.9. The van der Waals surface area contributed by atoms with Gasteiger partial charge in [-0.3, -0.25) is 9.59 Å². The Bertz CT molecular complexity index is 492. The molecular formula is C15H18ClNO3. The number of carbonyl (C=O) groups excluding carboxylic acids is 1. The molecule has 0 bridgehead atoms. The van der Waals surface area contributed by atoms with E-state index in [4.69, 9.17) is 11.6 Å². The topological polar surface area (TPSA) is 66.4 Å². The molecule has 0 unspecified atom stereocenters. The Balaban J connectivity index is 1.88. The summed E-state index contributed by atoms with van der Waals surface area (Å²) in [7, 11) is 0. The second-order valence-corrected chi connectivity index (χ2v) is 5.81. The summed E-state index contributed by atoms with van der Waals surface area (Å²) in [5, 5.41) is 12.7. The van der Waals surface area contributed by atoms with Gasteiger partial charge in [0.1, 0.15) is 0 Å². The number of nitrogens with one attached hydrogen (secondary N) is 1. The molecular weight excluding hydrogens is 278 g/mol. The van der Waals surface area contributed by atoms with Gasteiger partial charge in [-0.25, -0.2) is 0 Å². The van der Waals surface area contributed by atoms with Crippen molar-refractivity contribution < 1.29 is 14.7 Å². The first-order chi connectivity index (χ1) is 9.52. The minimum atomic E-state index is -0.804. The molecule has 0 saturated heterocycles. The number of benzene rings is 1. The molecule has 0 atom stereocenters. The van der Waals surface area contributed by atoms with Crippen molar-refractivity contribution >= 4 is 23.5 Å². The van der Waals surface area contributed by atoms with Gasteiger partial charge in [0.15, 0.2) is 0 Å². The zero-order valence-corrected chi connectivity index (χ0v) is 11.9. The van der Waals surface area contributed by atoms with Crippen molar-refractivity contribution in [1.82, 2.24) is 5.32 Å². The maximum absolute atomic E-state index is 11.9. The Morgan fingerprint density at radius 2 is 1.80 bits per heavy atom. The zero-order chi connectivity index (χ0) is 14.6. The van der Waals surface area contributed by atoms with E-state index < -0.39 is 11.4 Å². The van der Waals surface area contributed by atoms with E-state index in [9.17, 15) is 14.7 Å². The van der Waals surface area contributed by atoms with Crippen LogP contribution in [0, 0.1) is 5.41 Å². The number of rotatable bonds is 5. The molecule has 1 aromatic rings. The van der Waals surface area contributed by atoms with Crippen molar-refractivity contribution in [2.45, 2.75) is 32.1 Å². The Morgan fingerprint density at radius 3 is 2.35 bits per heavy atom. The third-order valence-corrected chi connectivity index (χ3v) is 4.17. The molecule has 0 heterocycles. The second kappa shape index (κ2) is 6.27. The number of carbonyl (C=O) groups is 2. The molecule has 108 valence electrons. The maximum atomic E-state index is 11.9.